The van der Waals surface area contributed by atoms with Gasteiger partial charge in [-0.25, -0.2) is 0 Å². The molecule has 0 unspecified atom stereocenters. The Morgan fingerprint density at radius 2 is 1.76 bits per heavy atom. The molecule has 1 aliphatic heterocycles. The number of nitrogens with zero attached hydrogens (tertiary/aromatic N) is 2. The molecular formula is C22H27ClN2O3S. The number of benzene rings is 2. The molecule has 2 aromatic carbocycles. The number of methoxy groups -OCH3 is 2. The first kappa shape index (κ1) is 21.8. The van der Waals surface area contributed by atoms with Crippen molar-refractivity contribution in [1.29, 1.82) is 0 Å². The third-order valence-electron chi connectivity index (χ3n) is 5.00. The smallest absolute Gasteiger partial charge is 0.254 e. The Balaban J connectivity index is 1.43. The SMILES string of the molecule is COc1ccc(C(=O)N2CCN(CCCSc3ccccc3Cl)CC2)cc1OC. The van der Waals surface area contributed by atoms with E-state index in [2.05, 4.69) is 11.0 Å². The van der Waals surface area contributed by atoms with E-state index in [0.717, 1.165) is 54.8 Å². The number of hydrogen-bond donors (Lipinski definition) is 0. The summed E-state index contributed by atoms with van der Waals surface area (Å²) in [5, 5.41) is 0.819. The molecule has 1 fully saturated rings. The minimum atomic E-state index is 0.0416. The number of amides is 1. The van der Waals surface area contributed by atoms with Crippen molar-refractivity contribution in [2.24, 2.45) is 0 Å². The summed E-state index contributed by atoms with van der Waals surface area (Å²) in [5.74, 6) is 2.28. The molecule has 0 radical (unpaired) electrons. The van der Waals surface area contributed by atoms with Gasteiger partial charge in [0.05, 0.1) is 19.2 Å². The van der Waals surface area contributed by atoms with E-state index in [1.165, 1.54) is 0 Å². The summed E-state index contributed by atoms with van der Waals surface area (Å²) in [7, 11) is 3.17. The van der Waals surface area contributed by atoms with Crippen molar-refractivity contribution in [1.82, 2.24) is 9.80 Å². The summed E-state index contributed by atoms with van der Waals surface area (Å²) in [4.78, 5) is 18.3. The number of piperazine rings is 1. The van der Waals surface area contributed by atoms with Crippen molar-refractivity contribution < 1.29 is 14.3 Å². The van der Waals surface area contributed by atoms with Crippen LogP contribution in [0.4, 0.5) is 0 Å². The molecule has 156 valence electrons. The topological polar surface area (TPSA) is 42.0 Å². The largest absolute Gasteiger partial charge is 0.493 e. The monoisotopic (exact) mass is 434 g/mol. The van der Waals surface area contributed by atoms with Crippen molar-refractivity contribution in [2.45, 2.75) is 11.3 Å². The molecule has 0 aliphatic carbocycles. The van der Waals surface area contributed by atoms with Gasteiger partial charge in [-0.3, -0.25) is 9.69 Å². The average molecular weight is 435 g/mol. The Bertz CT molecular complexity index is 825. The molecule has 1 amide bonds. The van der Waals surface area contributed by atoms with Crippen LogP contribution in [0.3, 0.4) is 0 Å². The number of carbonyl (C=O) groups is 1. The summed E-state index contributed by atoms with van der Waals surface area (Å²) in [5.41, 5.74) is 0.632. The molecule has 29 heavy (non-hydrogen) atoms. The quantitative estimate of drug-likeness (QED) is 0.457. The molecule has 5 nitrogen and oxygen atoms in total. The van der Waals surface area contributed by atoms with E-state index < -0.39 is 0 Å². The van der Waals surface area contributed by atoms with Gasteiger partial charge >= 0.3 is 0 Å². The predicted molar refractivity (Wildman–Crippen MR) is 119 cm³/mol. The fraction of sp³-hybridized carbons (Fsp3) is 0.409. The van der Waals surface area contributed by atoms with Gasteiger partial charge in [-0.05, 0) is 49.1 Å². The van der Waals surface area contributed by atoms with Crippen LogP contribution < -0.4 is 9.47 Å². The van der Waals surface area contributed by atoms with Crippen LogP contribution in [0.25, 0.3) is 0 Å². The van der Waals surface area contributed by atoms with Gasteiger partial charge in [0.2, 0.25) is 0 Å². The lowest BCUT2D eigenvalue weighted by Crippen LogP contribution is -2.48. The molecule has 3 rings (SSSR count). The van der Waals surface area contributed by atoms with Gasteiger partial charge in [0.15, 0.2) is 11.5 Å². The highest BCUT2D eigenvalue weighted by molar-refractivity contribution is 7.99. The van der Waals surface area contributed by atoms with Gasteiger partial charge < -0.3 is 14.4 Å². The van der Waals surface area contributed by atoms with Crippen molar-refractivity contribution in [2.75, 3.05) is 52.7 Å². The summed E-state index contributed by atoms with van der Waals surface area (Å²) in [6.45, 7) is 4.32. The fourth-order valence-electron chi connectivity index (χ4n) is 3.36. The molecule has 0 spiro atoms. The number of rotatable bonds is 8. The maximum absolute atomic E-state index is 12.8. The van der Waals surface area contributed by atoms with E-state index in [1.807, 2.05) is 23.1 Å². The fourth-order valence-corrected chi connectivity index (χ4v) is 4.53. The van der Waals surface area contributed by atoms with Crippen LogP contribution in [0.15, 0.2) is 47.4 Å². The van der Waals surface area contributed by atoms with Crippen LogP contribution in [0, 0.1) is 0 Å². The van der Waals surface area contributed by atoms with Gasteiger partial charge in [0.1, 0.15) is 0 Å². The molecule has 0 aromatic heterocycles. The zero-order valence-electron chi connectivity index (χ0n) is 16.9. The normalized spacial score (nSPS) is 14.7. The Morgan fingerprint density at radius 1 is 1.03 bits per heavy atom. The van der Waals surface area contributed by atoms with Crippen molar-refractivity contribution >= 4 is 29.3 Å². The van der Waals surface area contributed by atoms with Gasteiger partial charge in [0.25, 0.3) is 5.91 Å². The Hall–Kier alpha value is -1.89. The van der Waals surface area contributed by atoms with E-state index in [-0.39, 0.29) is 5.91 Å². The molecule has 7 heteroatoms. The van der Waals surface area contributed by atoms with E-state index >= 15 is 0 Å². The van der Waals surface area contributed by atoms with Crippen LogP contribution >= 0.6 is 23.4 Å². The summed E-state index contributed by atoms with van der Waals surface area (Å²) < 4.78 is 10.6. The number of hydrogen-bond acceptors (Lipinski definition) is 5. The number of halogens is 1. The van der Waals surface area contributed by atoms with Crippen molar-refractivity contribution in [3.8, 4) is 11.5 Å². The van der Waals surface area contributed by atoms with Gasteiger partial charge in [-0.15, -0.1) is 11.8 Å². The lowest BCUT2D eigenvalue weighted by Gasteiger charge is -2.34. The molecule has 1 heterocycles. The Labute approximate surface area is 181 Å². The highest BCUT2D eigenvalue weighted by Crippen LogP contribution is 2.29. The molecular weight excluding hydrogens is 408 g/mol. The minimum absolute atomic E-state index is 0.0416. The summed E-state index contributed by atoms with van der Waals surface area (Å²) >= 11 is 8.00. The van der Waals surface area contributed by atoms with Crippen LogP contribution in [0.2, 0.25) is 5.02 Å². The summed E-state index contributed by atoms with van der Waals surface area (Å²) in [6, 6.07) is 13.3. The maximum Gasteiger partial charge on any atom is 0.254 e. The lowest BCUT2D eigenvalue weighted by molar-refractivity contribution is 0.0637. The van der Waals surface area contributed by atoms with Gasteiger partial charge in [0, 0.05) is 36.6 Å². The second-order valence-corrected chi connectivity index (χ2v) is 8.38. The van der Waals surface area contributed by atoms with Crippen LogP contribution in [-0.4, -0.2) is 68.4 Å². The first-order valence-corrected chi connectivity index (χ1v) is 11.1. The second-order valence-electron chi connectivity index (χ2n) is 6.84. The molecule has 1 saturated heterocycles. The van der Waals surface area contributed by atoms with Crippen molar-refractivity contribution in [3.05, 3.63) is 53.1 Å². The summed E-state index contributed by atoms with van der Waals surface area (Å²) in [6.07, 6.45) is 1.10. The molecule has 1 aliphatic rings. The number of ether oxygens (including phenoxy) is 2. The minimum Gasteiger partial charge on any atom is -0.493 e. The third-order valence-corrected chi connectivity index (χ3v) is 6.60. The third kappa shape index (κ3) is 5.81. The van der Waals surface area contributed by atoms with Gasteiger partial charge in [-0.2, -0.15) is 0 Å². The van der Waals surface area contributed by atoms with Gasteiger partial charge in [-0.1, -0.05) is 23.7 Å². The van der Waals surface area contributed by atoms with Crippen LogP contribution in [-0.2, 0) is 0 Å². The number of thioether (sulfide) groups is 1. The average Bonchev–Trinajstić information content (AvgIpc) is 2.77. The first-order chi connectivity index (χ1) is 14.1. The van der Waals surface area contributed by atoms with E-state index in [1.54, 1.807) is 44.2 Å². The molecule has 0 N–H and O–H groups in total. The molecule has 0 bridgehead atoms. The Morgan fingerprint density at radius 3 is 2.45 bits per heavy atom. The van der Waals surface area contributed by atoms with E-state index in [4.69, 9.17) is 21.1 Å². The molecule has 0 atom stereocenters. The lowest BCUT2D eigenvalue weighted by atomic mass is 10.1. The van der Waals surface area contributed by atoms with Crippen LogP contribution in [0.5, 0.6) is 11.5 Å². The molecule has 2 aromatic rings. The zero-order chi connectivity index (χ0) is 20.6. The first-order valence-electron chi connectivity index (χ1n) is 9.73. The standard InChI is InChI=1S/C22H27ClN2O3S/c1-27-19-9-8-17(16-20(19)28-2)22(26)25-13-11-24(12-14-25)10-5-15-29-21-7-4-3-6-18(21)23/h3-4,6-9,16H,5,10-15H2,1-2H3. The zero-order valence-corrected chi connectivity index (χ0v) is 18.5. The predicted octanol–water partition coefficient (Wildman–Crippen LogP) is 4.30. The van der Waals surface area contributed by atoms with E-state index in [0.29, 0.717) is 17.1 Å². The highest BCUT2D eigenvalue weighted by atomic mass is 35.5. The second kappa shape index (κ2) is 10.8. The number of carbonyl (C=O) groups excluding carboxylic acids is 1. The highest BCUT2D eigenvalue weighted by Gasteiger charge is 2.22. The maximum atomic E-state index is 12.8. The van der Waals surface area contributed by atoms with Crippen molar-refractivity contribution in [3.63, 3.8) is 0 Å². The molecule has 0 saturated carbocycles. The Kier molecular flexibility index (Phi) is 8.09. The van der Waals surface area contributed by atoms with E-state index in [9.17, 15) is 4.79 Å². The van der Waals surface area contributed by atoms with Crippen LogP contribution in [0.1, 0.15) is 16.8 Å².